The van der Waals surface area contributed by atoms with Gasteiger partial charge in [-0.15, -0.1) is 0 Å². The highest BCUT2D eigenvalue weighted by molar-refractivity contribution is 6.02. The molecule has 20 heavy (non-hydrogen) atoms. The number of aryl methyl sites for hydroxylation is 2. The third-order valence-corrected chi connectivity index (χ3v) is 3.59. The van der Waals surface area contributed by atoms with Gasteiger partial charge in [0.2, 0.25) is 0 Å². The second-order valence-electron chi connectivity index (χ2n) is 5.01. The highest BCUT2D eigenvalue weighted by atomic mass is 16.4. The Bertz CT molecular complexity index is 899. The molecule has 0 unspecified atom stereocenters. The molecule has 0 saturated carbocycles. The summed E-state index contributed by atoms with van der Waals surface area (Å²) in [6.45, 7) is 5.41. The van der Waals surface area contributed by atoms with E-state index in [1.54, 1.807) is 6.07 Å². The van der Waals surface area contributed by atoms with E-state index in [0.717, 1.165) is 28.6 Å². The summed E-state index contributed by atoms with van der Waals surface area (Å²) in [5, 5.41) is 0.812. The number of aromatic nitrogens is 1. The first-order chi connectivity index (χ1) is 9.52. The molecule has 3 heterocycles. The van der Waals surface area contributed by atoms with Crippen LogP contribution in [0.4, 0.5) is 0 Å². The van der Waals surface area contributed by atoms with Crippen molar-refractivity contribution < 1.29 is 9.21 Å². The number of hydrogen-bond acceptors (Lipinski definition) is 3. The second-order valence-corrected chi connectivity index (χ2v) is 5.01. The second kappa shape index (κ2) is 4.34. The van der Waals surface area contributed by atoms with Gasteiger partial charge in [-0.3, -0.25) is 4.79 Å². The molecule has 0 aliphatic heterocycles. The van der Waals surface area contributed by atoms with Crippen molar-refractivity contribution in [2.45, 2.75) is 27.2 Å². The Hall–Kier alpha value is -2.36. The maximum absolute atomic E-state index is 11.9. The summed E-state index contributed by atoms with van der Waals surface area (Å²) in [6, 6.07) is 5.64. The summed E-state index contributed by atoms with van der Waals surface area (Å²) in [5.74, 6) is -0.273. The van der Waals surface area contributed by atoms with Crippen LogP contribution < -0.4 is 5.63 Å². The lowest BCUT2D eigenvalue weighted by Gasteiger charge is -2.00. The van der Waals surface area contributed by atoms with E-state index in [9.17, 15) is 9.59 Å². The Morgan fingerprint density at radius 2 is 2.10 bits per heavy atom. The van der Waals surface area contributed by atoms with Gasteiger partial charge in [0.25, 0.3) is 0 Å². The topological polar surface area (TPSA) is 51.7 Å². The number of ketones is 1. The summed E-state index contributed by atoms with van der Waals surface area (Å²) in [7, 11) is 0. The molecule has 102 valence electrons. The third-order valence-electron chi connectivity index (χ3n) is 3.59. The molecule has 0 aromatic carbocycles. The van der Waals surface area contributed by atoms with Gasteiger partial charge in [-0.2, -0.15) is 0 Å². The van der Waals surface area contributed by atoms with Crippen molar-refractivity contribution in [2.75, 3.05) is 0 Å². The van der Waals surface area contributed by atoms with Gasteiger partial charge in [-0.05, 0) is 38.0 Å². The number of Topliss-reactive ketones (excluding diaryl/α,β-unsaturated/α-hetero) is 1. The van der Waals surface area contributed by atoms with Crippen molar-refractivity contribution in [2.24, 2.45) is 0 Å². The minimum atomic E-state index is -0.563. The van der Waals surface area contributed by atoms with Crippen LogP contribution in [0.1, 0.15) is 35.5 Å². The SMILES string of the molecule is CCc1c2oc(=O)c(C(C)=O)cc2c2ccc(C)cn12. The Labute approximate surface area is 115 Å². The van der Waals surface area contributed by atoms with Crippen LogP contribution in [-0.4, -0.2) is 10.2 Å². The number of carbonyl (C=O) groups is 1. The molecule has 0 fully saturated rings. The fourth-order valence-corrected chi connectivity index (χ4v) is 2.61. The van der Waals surface area contributed by atoms with Gasteiger partial charge in [-0.1, -0.05) is 13.0 Å². The highest BCUT2D eigenvalue weighted by Gasteiger charge is 2.17. The zero-order valence-electron chi connectivity index (χ0n) is 11.7. The molecule has 0 aliphatic carbocycles. The van der Waals surface area contributed by atoms with Gasteiger partial charge >= 0.3 is 5.63 Å². The lowest BCUT2D eigenvalue weighted by molar-refractivity contribution is 0.101. The molecule has 4 nitrogen and oxygen atoms in total. The summed E-state index contributed by atoms with van der Waals surface area (Å²) in [5.41, 5.74) is 3.15. The summed E-state index contributed by atoms with van der Waals surface area (Å²) in [4.78, 5) is 23.4. The van der Waals surface area contributed by atoms with E-state index in [0.29, 0.717) is 5.58 Å². The van der Waals surface area contributed by atoms with Gasteiger partial charge in [0.05, 0.1) is 11.2 Å². The minimum absolute atomic E-state index is 0.105. The Kier molecular flexibility index (Phi) is 2.74. The average Bonchev–Trinajstić information content (AvgIpc) is 2.69. The fraction of sp³-hybridized carbons (Fsp3) is 0.250. The van der Waals surface area contributed by atoms with Crippen molar-refractivity contribution in [3.63, 3.8) is 0 Å². The van der Waals surface area contributed by atoms with Crippen LogP contribution in [-0.2, 0) is 6.42 Å². The maximum atomic E-state index is 11.9. The third kappa shape index (κ3) is 1.68. The van der Waals surface area contributed by atoms with Crippen molar-refractivity contribution in [3.05, 3.63) is 51.6 Å². The Balaban J connectivity index is 2.55. The summed E-state index contributed by atoms with van der Waals surface area (Å²) >= 11 is 0. The number of carbonyl (C=O) groups excluding carboxylic acids is 1. The molecule has 0 atom stereocenters. The summed E-state index contributed by atoms with van der Waals surface area (Å²) < 4.78 is 7.44. The van der Waals surface area contributed by atoms with Crippen LogP contribution in [0.15, 0.2) is 33.6 Å². The first-order valence-electron chi connectivity index (χ1n) is 6.61. The molecule has 0 amide bonds. The number of fused-ring (bicyclic) bond motifs is 3. The predicted octanol–water partition coefficient (Wildman–Crippen LogP) is 3.12. The molecule has 3 aromatic rings. The molecule has 0 bridgehead atoms. The van der Waals surface area contributed by atoms with E-state index in [1.807, 2.05) is 36.6 Å². The maximum Gasteiger partial charge on any atom is 0.347 e. The molecule has 0 spiro atoms. The largest absolute Gasteiger partial charge is 0.420 e. The van der Waals surface area contributed by atoms with E-state index >= 15 is 0 Å². The number of pyridine rings is 1. The summed E-state index contributed by atoms with van der Waals surface area (Å²) in [6.07, 6.45) is 2.76. The lowest BCUT2D eigenvalue weighted by Crippen LogP contribution is -2.10. The standard InChI is InChI=1S/C16H15NO3/c1-4-13-15-12(7-11(10(3)18)16(19)20-15)14-6-5-9(2)8-17(13)14/h5-8H,4H2,1-3H3. The average molecular weight is 269 g/mol. The Morgan fingerprint density at radius 1 is 1.35 bits per heavy atom. The Morgan fingerprint density at radius 3 is 2.75 bits per heavy atom. The van der Waals surface area contributed by atoms with Gasteiger partial charge in [0.1, 0.15) is 5.56 Å². The van der Waals surface area contributed by atoms with Crippen LogP contribution in [0.3, 0.4) is 0 Å². The zero-order valence-corrected chi connectivity index (χ0v) is 11.7. The molecular formula is C16H15NO3. The van der Waals surface area contributed by atoms with E-state index in [4.69, 9.17) is 4.42 Å². The molecule has 3 aromatic heterocycles. The van der Waals surface area contributed by atoms with E-state index < -0.39 is 5.63 Å². The van der Waals surface area contributed by atoms with Gasteiger partial charge in [0.15, 0.2) is 11.4 Å². The normalized spacial score (nSPS) is 11.3. The van der Waals surface area contributed by atoms with Gasteiger partial charge in [0, 0.05) is 11.6 Å². The van der Waals surface area contributed by atoms with E-state index in [2.05, 4.69) is 0 Å². The van der Waals surface area contributed by atoms with Crippen LogP contribution in [0.2, 0.25) is 0 Å². The monoisotopic (exact) mass is 269 g/mol. The van der Waals surface area contributed by atoms with Crippen LogP contribution in [0.5, 0.6) is 0 Å². The lowest BCUT2D eigenvalue weighted by atomic mass is 10.1. The molecule has 3 rings (SSSR count). The number of nitrogens with zero attached hydrogens (tertiary/aromatic N) is 1. The molecule has 0 saturated heterocycles. The predicted molar refractivity (Wildman–Crippen MR) is 77.6 cm³/mol. The first-order valence-corrected chi connectivity index (χ1v) is 6.61. The van der Waals surface area contributed by atoms with Crippen molar-refractivity contribution >= 4 is 22.3 Å². The van der Waals surface area contributed by atoms with Crippen molar-refractivity contribution in [3.8, 4) is 0 Å². The number of rotatable bonds is 2. The first kappa shape index (κ1) is 12.7. The van der Waals surface area contributed by atoms with Crippen LogP contribution >= 0.6 is 0 Å². The molecule has 4 heteroatoms. The van der Waals surface area contributed by atoms with E-state index in [-0.39, 0.29) is 11.3 Å². The van der Waals surface area contributed by atoms with Crippen LogP contribution in [0, 0.1) is 6.92 Å². The van der Waals surface area contributed by atoms with E-state index in [1.165, 1.54) is 6.92 Å². The highest BCUT2D eigenvalue weighted by Crippen LogP contribution is 2.27. The fourth-order valence-electron chi connectivity index (χ4n) is 2.61. The van der Waals surface area contributed by atoms with Gasteiger partial charge < -0.3 is 8.82 Å². The number of hydrogen-bond donors (Lipinski definition) is 0. The zero-order chi connectivity index (χ0) is 14.4. The van der Waals surface area contributed by atoms with Crippen LogP contribution in [0.25, 0.3) is 16.5 Å². The van der Waals surface area contributed by atoms with Crippen molar-refractivity contribution in [1.82, 2.24) is 4.40 Å². The molecule has 0 N–H and O–H groups in total. The smallest absolute Gasteiger partial charge is 0.347 e. The van der Waals surface area contributed by atoms with Gasteiger partial charge in [-0.25, -0.2) is 4.79 Å². The molecule has 0 radical (unpaired) electrons. The molecule has 0 aliphatic rings. The van der Waals surface area contributed by atoms with Crippen molar-refractivity contribution in [1.29, 1.82) is 0 Å². The molecular weight excluding hydrogens is 254 g/mol. The minimum Gasteiger partial charge on any atom is -0.420 e. The quantitative estimate of drug-likeness (QED) is 0.672.